The van der Waals surface area contributed by atoms with Crippen LogP contribution >= 0.6 is 0 Å². The Morgan fingerprint density at radius 1 is 1.24 bits per heavy atom. The van der Waals surface area contributed by atoms with Crippen molar-refractivity contribution in [2.24, 2.45) is 10.8 Å². The lowest BCUT2D eigenvalue weighted by atomic mass is 10.1. The lowest BCUT2D eigenvalue weighted by Crippen LogP contribution is -2.44. The Labute approximate surface area is 145 Å². The SMILES string of the molecule is CC1(C)OCC(OC(=O)C2=NN(c3ccccc3)C(C(N)=O)C2)CO1. The third-order valence-electron chi connectivity index (χ3n) is 4.00. The Morgan fingerprint density at radius 2 is 1.88 bits per heavy atom. The van der Waals surface area contributed by atoms with Gasteiger partial charge >= 0.3 is 5.97 Å². The largest absolute Gasteiger partial charge is 0.453 e. The van der Waals surface area contributed by atoms with Crippen LogP contribution in [0, 0.1) is 0 Å². The first-order valence-corrected chi connectivity index (χ1v) is 8.06. The second-order valence-electron chi connectivity index (χ2n) is 6.40. The maximum atomic E-state index is 12.4. The summed E-state index contributed by atoms with van der Waals surface area (Å²) in [4.78, 5) is 24.1. The van der Waals surface area contributed by atoms with Gasteiger partial charge in [-0.15, -0.1) is 0 Å². The number of hydrazone groups is 1. The highest BCUT2D eigenvalue weighted by Crippen LogP contribution is 2.25. The molecule has 1 amide bonds. The van der Waals surface area contributed by atoms with Crippen molar-refractivity contribution in [1.29, 1.82) is 0 Å². The highest BCUT2D eigenvalue weighted by Gasteiger charge is 2.37. The van der Waals surface area contributed by atoms with Crippen molar-refractivity contribution in [2.45, 2.75) is 38.2 Å². The summed E-state index contributed by atoms with van der Waals surface area (Å²) in [6.45, 7) is 4.07. The fourth-order valence-electron chi connectivity index (χ4n) is 2.64. The zero-order valence-corrected chi connectivity index (χ0v) is 14.2. The Bertz CT molecular complexity index is 679. The molecule has 1 saturated heterocycles. The van der Waals surface area contributed by atoms with Gasteiger partial charge in [0.05, 0.1) is 18.9 Å². The van der Waals surface area contributed by atoms with Crippen LogP contribution in [0.3, 0.4) is 0 Å². The molecule has 0 saturated carbocycles. The number of primary amides is 1. The van der Waals surface area contributed by atoms with Crippen LogP contribution < -0.4 is 10.7 Å². The molecule has 25 heavy (non-hydrogen) atoms. The van der Waals surface area contributed by atoms with Gasteiger partial charge in [-0.05, 0) is 26.0 Å². The van der Waals surface area contributed by atoms with Crippen molar-refractivity contribution in [2.75, 3.05) is 18.2 Å². The van der Waals surface area contributed by atoms with E-state index in [1.54, 1.807) is 26.0 Å². The van der Waals surface area contributed by atoms with E-state index in [9.17, 15) is 9.59 Å². The van der Waals surface area contributed by atoms with Gasteiger partial charge in [0.25, 0.3) is 0 Å². The molecule has 134 valence electrons. The van der Waals surface area contributed by atoms with Gasteiger partial charge in [0, 0.05) is 6.42 Å². The number of ether oxygens (including phenoxy) is 3. The molecule has 1 fully saturated rings. The van der Waals surface area contributed by atoms with Gasteiger partial charge in [0.1, 0.15) is 17.9 Å². The molecule has 0 aromatic heterocycles. The zero-order chi connectivity index (χ0) is 18.0. The summed E-state index contributed by atoms with van der Waals surface area (Å²) in [6.07, 6.45) is -0.413. The van der Waals surface area contributed by atoms with Crippen molar-refractivity contribution < 1.29 is 23.8 Å². The molecule has 0 radical (unpaired) electrons. The monoisotopic (exact) mass is 347 g/mol. The van der Waals surface area contributed by atoms with E-state index in [1.807, 2.05) is 18.2 Å². The van der Waals surface area contributed by atoms with Crippen LogP contribution in [-0.2, 0) is 23.8 Å². The highest BCUT2D eigenvalue weighted by atomic mass is 16.7. The Kier molecular flexibility index (Phi) is 4.73. The maximum Gasteiger partial charge on any atom is 0.355 e. The first kappa shape index (κ1) is 17.4. The molecule has 1 aromatic carbocycles. The lowest BCUT2D eigenvalue weighted by Gasteiger charge is -2.34. The number of amides is 1. The van der Waals surface area contributed by atoms with E-state index >= 15 is 0 Å². The standard InChI is InChI=1S/C17H21N3O5/c1-17(2)23-9-12(10-24-17)25-16(22)13-8-14(15(18)21)20(19-13)11-6-4-3-5-7-11/h3-7,12,14H,8-10H2,1-2H3,(H2,18,21). The van der Waals surface area contributed by atoms with Crippen LogP contribution in [0.15, 0.2) is 35.4 Å². The molecule has 1 aromatic rings. The van der Waals surface area contributed by atoms with Crippen molar-refractivity contribution in [3.8, 4) is 0 Å². The number of carbonyl (C=O) groups is 2. The van der Waals surface area contributed by atoms with Crippen LogP contribution in [-0.4, -0.2) is 48.7 Å². The predicted molar refractivity (Wildman–Crippen MR) is 89.8 cm³/mol. The molecule has 2 aliphatic heterocycles. The highest BCUT2D eigenvalue weighted by molar-refractivity contribution is 6.38. The lowest BCUT2D eigenvalue weighted by molar-refractivity contribution is -0.275. The van der Waals surface area contributed by atoms with Gasteiger partial charge < -0.3 is 19.9 Å². The van der Waals surface area contributed by atoms with Crippen molar-refractivity contribution in [3.63, 3.8) is 0 Å². The minimum Gasteiger partial charge on any atom is -0.453 e. The molecule has 0 aliphatic carbocycles. The summed E-state index contributed by atoms with van der Waals surface area (Å²) in [7, 11) is 0. The summed E-state index contributed by atoms with van der Waals surface area (Å²) in [6, 6.07) is 8.34. The summed E-state index contributed by atoms with van der Waals surface area (Å²) in [5, 5.41) is 5.70. The smallest absolute Gasteiger partial charge is 0.355 e. The minimum atomic E-state index is -0.720. The van der Waals surface area contributed by atoms with Gasteiger partial charge in [-0.25, -0.2) is 4.79 Å². The minimum absolute atomic E-state index is 0.100. The summed E-state index contributed by atoms with van der Waals surface area (Å²) in [5.41, 5.74) is 6.29. The fourth-order valence-corrected chi connectivity index (χ4v) is 2.64. The van der Waals surface area contributed by atoms with Gasteiger partial charge in [0.2, 0.25) is 5.91 Å². The Hall–Kier alpha value is -2.45. The number of hydrogen-bond donors (Lipinski definition) is 1. The van der Waals surface area contributed by atoms with Gasteiger partial charge in [0.15, 0.2) is 5.79 Å². The molecule has 3 rings (SSSR count). The number of nitrogens with two attached hydrogens (primary N) is 1. The third kappa shape index (κ3) is 3.97. The molecular formula is C17H21N3O5. The van der Waals surface area contributed by atoms with E-state index in [1.165, 1.54) is 5.01 Å². The van der Waals surface area contributed by atoms with E-state index in [2.05, 4.69) is 5.10 Å². The molecule has 1 unspecified atom stereocenters. The van der Waals surface area contributed by atoms with Crippen LogP contribution in [0.5, 0.6) is 0 Å². The number of carbonyl (C=O) groups excluding carboxylic acids is 2. The molecule has 2 heterocycles. The average molecular weight is 347 g/mol. The second kappa shape index (κ2) is 6.81. The Morgan fingerprint density at radius 3 is 2.48 bits per heavy atom. The van der Waals surface area contributed by atoms with Gasteiger partial charge in [-0.1, -0.05) is 18.2 Å². The number of esters is 1. The number of nitrogens with zero attached hydrogens (tertiary/aromatic N) is 2. The quantitative estimate of drug-likeness (QED) is 0.808. The topological polar surface area (TPSA) is 103 Å². The first-order chi connectivity index (χ1) is 11.9. The maximum absolute atomic E-state index is 12.4. The predicted octanol–water partition coefficient (Wildman–Crippen LogP) is 0.801. The third-order valence-corrected chi connectivity index (χ3v) is 4.00. The number of para-hydroxylation sites is 1. The van der Waals surface area contributed by atoms with E-state index in [4.69, 9.17) is 19.9 Å². The molecule has 0 spiro atoms. The van der Waals surface area contributed by atoms with Crippen LogP contribution in [0.2, 0.25) is 0 Å². The van der Waals surface area contributed by atoms with Crippen LogP contribution in [0.25, 0.3) is 0 Å². The molecular weight excluding hydrogens is 326 g/mol. The molecule has 1 atom stereocenters. The molecule has 0 bridgehead atoms. The molecule has 2 N–H and O–H groups in total. The average Bonchev–Trinajstić information content (AvgIpc) is 3.03. The Balaban J connectivity index is 1.69. The number of benzene rings is 1. The van der Waals surface area contributed by atoms with E-state index in [0.717, 1.165) is 0 Å². The molecule has 8 heteroatoms. The zero-order valence-electron chi connectivity index (χ0n) is 14.2. The normalized spacial score (nSPS) is 23.2. The summed E-state index contributed by atoms with van der Waals surface area (Å²) < 4.78 is 16.3. The first-order valence-electron chi connectivity index (χ1n) is 8.06. The van der Waals surface area contributed by atoms with Crippen LogP contribution in [0.1, 0.15) is 20.3 Å². The van der Waals surface area contributed by atoms with Gasteiger partial charge in [-0.3, -0.25) is 9.80 Å². The van der Waals surface area contributed by atoms with Crippen molar-refractivity contribution >= 4 is 23.3 Å². The van der Waals surface area contributed by atoms with Crippen molar-refractivity contribution in [3.05, 3.63) is 30.3 Å². The van der Waals surface area contributed by atoms with Crippen molar-refractivity contribution in [1.82, 2.24) is 0 Å². The molecule has 8 nitrogen and oxygen atoms in total. The van der Waals surface area contributed by atoms with Gasteiger partial charge in [-0.2, -0.15) is 5.10 Å². The number of rotatable bonds is 4. The summed E-state index contributed by atoms with van der Waals surface area (Å²) in [5.74, 6) is -1.84. The fraction of sp³-hybridized carbons (Fsp3) is 0.471. The van der Waals surface area contributed by atoms with E-state index in [0.29, 0.717) is 5.69 Å². The number of hydrogen-bond acceptors (Lipinski definition) is 7. The van der Waals surface area contributed by atoms with Crippen LogP contribution in [0.4, 0.5) is 5.69 Å². The summed E-state index contributed by atoms with van der Waals surface area (Å²) >= 11 is 0. The molecule has 2 aliphatic rings. The number of anilines is 1. The van der Waals surface area contributed by atoms with E-state index < -0.39 is 29.8 Å². The second-order valence-corrected chi connectivity index (χ2v) is 6.40. The van der Waals surface area contributed by atoms with E-state index in [-0.39, 0.29) is 25.3 Å².